The van der Waals surface area contributed by atoms with Gasteiger partial charge in [-0.3, -0.25) is 19.5 Å². The van der Waals surface area contributed by atoms with Crippen molar-refractivity contribution in [1.82, 2.24) is 20.1 Å². The lowest BCUT2D eigenvalue weighted by Crippen LogP contribution is -2.40. The molecule has 0 spiro atoms. The molecule has 1 N–H and O–H groups in total. The van der Waals surface area contributed by atoms with Crippen molar-refractivity contribution in [2.24, 2.45) is 5.92 Å². The number of nitrogens with zero attached hydrogens (tertiary/aromatic N) is 3. The minimum Gasteiger partial charge on any atom is -0.344 e. The highest BCUT2D eigenvalue weighted by molar-refractivity contribution is 5.83. The molecule has 2 amide bonds. The van der Waals surface area contributed by atoms with Crippen molar-refractivity contribution >= 4 is 11.8 Å². The molecule has 2 aliphatic rings. The third kappa shape index (κ3) is 4.58. The molecule has 25 heavy (non-hydrogen) atoms. The predicted molar refractivity (Wildman–Crippen MR) is 94.6 cm³/mol. The van der Waals surface area contributed by atoms with Gasteiger partial charge in [-0.2, -0.15) is 0 Å². The van der Waals surface area contributed by atoms with E-state index in [-0.39, 0.29) is 24.3 Å². The van der Waals surface area contributed by atoms with Gasteiger partial charge in [-0.05, 0) is 30.4 Å². The third-order valence-electron chi connectivity index (χ3n) is 4.88. The second-order valence-electron chi connectivity index (χ2n) is 6.67. The van der Waals surface area contributed by atoms with Crippen LogP contribution in [0.25, 0.3) is 0 Å². The summed E-state index contributed by atoms with van der Waals surface area (Å²) in [4.78, 5) is 32.7. The quantitative estimate of drug-likeness (QED) is 0.792. The van der Waals surface area contributed by atoms with E-state index >= 15 is 0 Å². The fourth-order valence-corrected chi connectivity index (χ4v) is 3.42. The summed E-state index contributed by atoms with van der Waals surface area (Å²) in [7, 11) is 0. The van der Waals surface area contributed by atoms with Crippen molar-refractivity contribution < 1.29 is 9.59 Å². The minimum absolute atomic E-state index is 0.0587. The summed E-state index contributed by atoms with van der Waals surface area (Å²) in [5.74, 6) is 2.99. The second-order valence-corrected chi connectivity index (χ2v) is 6.67. The van der Waals surface area contributed by atoms with Crippen molar-refractivity contribution in [3.63, 3.8) is 0 Å². The number of aromatic nitrogens is 1. The van der Waals surface area contributed by atoms with Gasteiger partial charge in [-0.15, -0.1) is 6.42 Å². The van der Waals surface area contributed by atoms with Crippen LogP contribution in [0.5, 0.6) is 0 Å². The van der Waals surface area contributed by atoms with Crippen molar-refractivity contribution in [2.45, 2.75) is 18.8 Å². The Morgan fingerprint density at radius 2 is 2.20 bits per heavy atom. The van der Waals surface area contributed by atoms with Crippen molar-refractivity contribution in [3.05, 3.63) is 30.1 Å². The first kappa shape index (κ1) is 17.4. The van der Waals surface area contributed by atoms with E-state index in [4.69, 9.17) is 6.42 Å². The van der Waals surface area contributed by atoms with Gasteiger partial charge in [-0.1, -0.05) is 12.0 Å². The average molecular weight is 340 g/mol. The topological polar surface area (TPSA) is 65.5 Å². The number of pyridine rings is 1. The molecular formula is C19H24N4O2. The largest absolute Gasteiger partial charge is 0.344 e. The first-order valence-electron chi connectivity index (χ1n) is 8.80. The first-order valence-corrected chi connectivity index (χ1v) is 8.80. The summed E-state index contributed by atoms with van der Waals surface area (Å²) in [5, 5.41) is 2.68. The van der Waals surface area contributed by atoms with Crippen LogP contribution in [0.15, 0.2) is 24.5 Å². The molecule has 0 radical (unpaired) electrons. The second kappa shape index (κ2) is 8.13. The van der Waals surface area contributed by atoms with Crippen LogP contribution in [0, 0.1) is 18.3 Å². The SMILES string of the molecule is C#CCNC(=O)CN1CCCN(C(=O)[C@@H]2C[C@H]2c2cccnc2)CC1. The van der Waals surface area contributed by atoms with Crippen LogP contribution in [-0.4, -0.2) is 65.9 Å². The van der Waals surface area contributed by atoms with E-state index in [9.17, 15) is 9.59 Å². The molecule has 1 aromatic rings. The standard InChI is InChI=1S/C19H24N4O2/c1-2-6-21-18(24)14-22-8-4-9-23(11-10-22)19(25)17-12-16(17)15-5-3-7-20-13-15/h1,3,5,7,13,16-17H,4,6,8-12,14H2,(H,21,24)/t16-,17+/m0/s1. The smallest absolute Gasteiger partial charge is 0.234 e. The van der Waals surface area contributed by atoms with E-state index in [0.29, 0.717) is 19.0 Å². The maximum Gasteiger partial charge on any atom is 0.234 e. The number of carbonyl (C=O) groups excluding carboxylic acids is 2. The molecule has 1 aromatic heterocycles. The van der Waals surface area contributed by atoms with Crippen LogP contribution in [-0.2, 0) is 9.59 Å². The lowest BCUT2D eigenvalue weighted by atomic mass is 10.1. The van der Waals surface area contributed by atoms with Crippen LogP contribution in [0.3, 0.4) is 0 Å². The van der Waals surface area contributed by atoms with E-state index in [1.165, 1.54) is 0 Å². The molecule has 132 valence electrons. The number of hydrogen-bond acceptors (Lipinski definition) is 4. The Morgan fingerprint density at radius 1 is 1.32 bits per heavy atom. The Kier molecular flexibility index (Phi) is 5.67. The van der Waals surface area contributed by atoms with Crippen LogP contribution < -0.4 is 5.32 Å². The van der Waals surface area contributed by atoms with Gasteiger partial charge in [0.05, 0.1) is 13.1 Å². The van der Waals surface area contributed by atoms with Crippen LogP contribution >= 0.6 is 0 Å². The monoisotopic (exact) mass is 340 g/mol. The highest BCUT2D eigenvalue weighted by Crippen LogP contribution is 2.48. The van der Waals surface area contributed by atoms with Crippen LogP contribution in [0.1, 0.15) is 24.3 Å². The van der Waals surface area contributed by atoms with Gasteiger partial charge < -0.3 is 10.2 Å². The third-order valence-corrected chi connectivity index (χ3v) is 4.88. The zero-order chi connectivity index (χ0) is 17.6. The summed E-state index contributed by atoms with van der Waals surface area (Å²) < 4.78 is 0. The molecule has 2 fully saturated rings. The minimum atomic E-state index is -0.0587. The number of amides is 2. The molecule has 2 heterocycles. The van der Waals surface area contributed by atoms with E-state index < -0.39 is 0 Å². The Balaban J connectivity index is 1.48. The van der Waals surface area contributed by atoms with Gasteiger partial charge >= 0.3 is 0 Å². The predicted octanol–water partition coefficient (Wildman–Crippen LogP) is 0.469. The Morgan fingerprint density at radius 3 is 2.96 bits per heavy atom. The fraction of sp³-hybridized carbons (Fsp3) is 0.526. The lowest BCUT2D eigenvalue weighted by Gasteiger charge is -2.22. The number of terminal acetylenes is 1. The molecule has 1 saturated heterocycles. The van der Waals surface area contributed by atoms with Crippen molar-refractivity contribution in [3.8, 4) is 12.3 Å². The first-order chi connectivity index (χ1) is 12.2. The molecule has 0 aromatic carbocycles. The zero-order valence-electron chi connectivity index (χ0n) is 14.4. The van der Waals surface area contributed by atoms with E-state index in [1.807, 2.05) is 23.2 Å². The summed E-state index contributed by atoms with van der Waals surface area (Å²) in [6.07, 6.45) is 10.6. The molecule has 6 nitrogen and oxygen atoms in total. The van der Waals surface area contributed by atoms with E-state index in [0.717, 1.165) is 38.0 Å². The summed E-state index contributed by atoms with van der Waals surface area (Å²) >= 11 is 0. The maximum absolute atomic E-state index is 12.8. The van der Waals surface area contributed by atoms with Gasteiger partial charge in [0.1, 0.15) is 0 Å². The van der Waals surface area contributed by atoms with Gasteiger partial charge in [0.15, 0.2) is 0 Å². The molecule has 0 bridgehead atoms. The average Bonchev–Trinajstić information content (AvgIpc) is 3.44. The molecule has 1 aliphatic heterocycles. The normalized spacial score (nSPS) is 23.4. The summed E-state index contributed by atoms with van der Waals surface area (Å²) in [6, 6.07) is 3.97. The van der Waals surface area contributed by atoms with Gasteiger partial charge in [0.2, 0.25) is 11.8 Å². The van der Waals surface area contributed by atoms with Crippen molar-refractivity contribution in [2.75, 3.05) is 39.3 Å². The number of hydrogen-bond donors (Lipinski definition) is 1. The molecule has 1 aliphatic carbocycles. The van der Waals surface area contributed by atoms with Gasteiger partial charge in [-0.25, -0.2) is 0 Å². The van der Waals surface area contributed by atoms with Gasteiger partial charge in [0.25, 0.3) is 0 Å². The number of nitrogens with one attached hydrogen (secondary N) is 1. The number of rotatable bonds is 5. The highest BCUT2D eigenvalue weighted by atomic mass is 16.2. The zero-order valence-corrected chi connectivity index (χ0v) is 14.4. The van der Waals surface area contributed by atoms with Gasteiger partial charge in [0, 0.05) is 44.5 Å². The Bertz CT molecular complexity index is 655. The number of carbonyl (C=O) groups is 2. The highest BCUT2D eigenvalue weighted by Gasteiger charge is 2.45. The van der Waals surface area contributed by atoms with Crippen LogP contribution in [0.4, 0.5) is 0 Å². The Hall–Kier alpha value is -2.39. The molecule has 2 atom stereocenters. The van der Waals surface area contributed by atoms with Crippen molar-refractivity contribution in [1.29, 1.82) is 0 Å². The maximum atomic E-state index is 12.8. The van der Waals surface area contributed by atoms with E-state index in [2.05, 4.69) is 21.1 Å². The molecule has 6 heteroatoms. The molecular weight excluding hydrogens is 316 g/mol. The van der Waals surface area contributed by atoms with Crippen LogP contribution in [0.2, 0.25) is 0 Å². The summed E-state index contributed by atoms with van der Waals surface area (Å²) in [6.45, 7) is 3.58. The Labute approximate surface area is 148 Å². The molecule has 1 saturated carbocycles. The summed E-state index contributed by atoms with van der Waals surface area (Å²) in [5.41, 5.74) is 1.16. The van der Waals surface area contributed by atoms with E-state index in [1.54, 1.807) is 6.20 Å². The molecule has 3 rings (SSSR count). The lowest BCUT2D eigenvalue weighted by molar-refractivity contribution is -0.132. The fourth-order valence-electron chi connectivity index (χ4n) is 3.42. The molecule has 0 unspecified atom stereocenters.